The topological polar surface area (TPSA) is 91.4 Å². The molecule has 1 amide bonds. The van der Waals surface area contributed by atoms with Crippen LogP contribution in [0.3, 0.4) is 0 Å². The van der Waals surface area contributed by atoms with Gasteiger partial charge in [0.15, 0.2) is 5.13 Å². The highest BCUT2D eigenvalue weighted by Crippen LogP contribution is 2.49. The zero-order valence-corrected chi connectivity index (χ0v) is 18.4. The normalized spacial score (nSPS) is 19.2. The summed E-state index contributed by atoms with van der Waals surface area (Å²) in [6, 6.07) is 4.08. The molecular weight excluding hydrogens is 465 g/mol. The predicted molar refractivity (Wildman–Crippen MR) is 114 cm³/mol. The quantitative estimate of drug-likeness (QED) is 0.476. The van der Waals surface area contributed by atoms with Gasteiger partial charge >= 0.3 is 11.8 Å². The molecule has 32 heavy (non-hydrogen) atoms. The molecule has 170 valence electrons. The number of halogens is 4. The van der Waals surface area contributed by atoms with E-state index in [1.807, 2.05) is 0 Å². The highest BCUT2D eigenvalue weighted by Gasteiger charge is 2.61. The molecule has 2 aromatic rings. The molecule has 12 heteroatoms. The van der Waals surface area contributed by atoms with Crippen LogP contribution in [0.2, 0.25) is 5.02 Å². The summed E-state index contributed by atoms with van der Waals surface area (Å²) in [5.74, 6) is -0.490. The molecular formula is C20H20ClF3N6OS. The predicted octanol–water partition coefficient (Wildman–Crippen LogP) is 7.04. The van der Waals surface area contributed by atoms with Crippen molar-refractivity contribution in [2.24, 2.45) is 26.6 Å². The molecule has 1 fully saturated rings. The number of rotatable bonds is 6. The lowest BCUT2D eigenvalue weighted by Gasteiger charge is -2.27. The summed E-state index contributed by atoms with van der Waals surface area (Å²) >= 11 is 7.59. The molecule has 1 unspecified atom stereocenters. The molecule has 4 rings (SSSR count). The third-order valence-electron chi connectivity index (χ3n) is 5.86. The number of aromatic nitrogens is 1. The Hall–Kier alpha value is -2.40. The second-order valence-corrected chi connectivity index (χ2v) is 9.21. The molecule has 0 spiro atoms. The van der Waals surface area contributed by atoms with Gasteiger partial charge in [-0.15, -0.1) is 21.6 Å². The number of carbonyl (C=O) groups excluding carboxylic acids is 1. The van der Waals surface area contributed by atoms with Crippen molar-refractivity contribution in [2.45, 2.75) is 56.3 Å². The van der Waals surface area contributed by atoms with Crippen molar-refractivity contribution in [1.29, 1.82) is 0 Å². The summed E-state index contributed by atoms with van der Waals surface area (Å²) in [7, 11) is 0. The molecule has 2 aliphatic rings. The smallest absolute Gasteiger partial charge is 0.301 e. The Balaban J connectivity index is 1.66. The van der Waals surface area contributed by atoms with Crippen molar-refractivity contribution >= 4 is 34.0 Å². The van der Waals surface area contributed by atoms with Crippen LogP contribution in [0.5, 0.6) is 0 Å². The van der Waals surface area contributed by atoms with Crippen LogP contribution >= 0.6 is 22.9 Å². The lowest BCUT2D eigenvalue weighted by Crippen LogP contribution is -2.37. The molecule has 1 aliphatic heterocycles. The monoisotopic (exact) mass is 484 g/mol. The second-order valence-electron chi connectivity index (χ2n) is 7.91. The maximum atomic E-state index is 13.8. The molecule has 0 radical (unpaired) electrons. The average Bonchev–Trinajstić information content (AvgIpc) is 3.45. The van der Waals surface area contributed by atoms with Gasteiger partial charge in [0.05, 0.1) is 5.92 Å². The van der Waals surface area contributed by atoms with Crippen LogP contribution in [-0.2, 0) is 10.5 Å². The van der Waals surface area contributed by atoms with Crippen LogP contribution in [0.4, 0.5) is 18.3 Å². The third kappa shape index (κ3) is 4.54. The zero-order valence-electron chi connectivity index (χ0n) is 16.8. The number of thiazole rings is 1. The SMILES string of the molecule is O=C(Nc1nccs1)C(CC1CCCCC1)c1ccc(C2(C(F)(F)F)N=NN=N2)c(Cl)c1. The van der Waals surface area contributed by atoms with Gasteiger partial charge in [-0.3, -0.25) is 4.79 Å². The third-order valence-corrected chi connectivity index (χ3v) is 6.86. The first kappa shape index (κ1) is 22.8. The van der Waals surface area contributed by atoms with Gasteiger partial charge in [-0.2, -0.15) is 13.2 Å². The Kier molecular flexibility index (Phi) is 6.57. The number of nitrogens with one attached hydrogen (secondary N) is 1. The molecule has 0 bridgehead atoms. The maximum absolute atomic E-state index is 13.8. The van der Waals surface area contributed by atoms with Crippen molar-refractivity contribution in [3.63, 3.8) is 0 Å². The van der Waals surface area contributed by atoms with E-state index < -0.39 is 17.8 Å². The lowest BCUT2D eigenvalue weighted by molar-refractivity contribution is -0.187. The van der Waals surface area contributed by atoms with Gasteiger partial charge in [-0.1, -0.05) is 55.8 Å². The van der Waals surface area contributed by atoms with Crippen molar-refractivity contribution in [2.75, 3.05) is 5.32 Å². The van der Waals surface area contributed by atoms with Gasteiger partial charge in [-0.05, 0) is 34.4 Å². The van der Waals surface area contributed by atoms with Gasteiger partial charge in [0.25, 0.3) is 0 Å². The number of benzene rings is 1. The van der Waals surface area contributed by atoms with E-state index in [-0.39, 0.29) is 16.5 Å². The number of alkyl halides is 3. The fourth-order valence-electron chi connectivity index (χ4n) is 4.22. The Bertz CT molecular complexity index is 1010. The largest absolute Gasteiger partial charge is 0.442 e. The van der Waals surface area contributed by atoms with Gasteiger partial charge in [0.2, 0.25) is 5.91 Å². The Labute approximate surface area is 191 Å². The minimum Gasteiger partial charge on any atom is -0.301 e. The van der Waals surface area contributed by atoms with Crippen LogP contribution in [0, 0.1) is 5.92 Å². The number of hydrogen-bond donors (Lipinski definition) is 1. The van der Waals surface area contributed by atoms with Crippen LogP contribution < -0.4 is 5.32 Å². The van der Waals surface area contributed by atoms with Crippen molar-refractivity contribution < 1.29 is 18.0 Å². The summed E-state index contributed by atoms with van der Waals surface area (Å²) in [4.78, 5) is 17.2. The fraction of sp³-hybridized carbons (Fsp3) is 0.500. The van der Waals surface area contributed by atoms with Crippen molar-refractivity contribution in [3.05, 3.63) is 45.9 Å². The van der Waals surface area contributed by atoms with E-state index in [4.69, 9.17) is 11.6 Å². The first-order valence-corrected chi connectivity index (χ1v) is 11.5. The average molecular weight is 485 g/mol. The van der Waals surface area contributed by atoms with E-state index in [1.165, 1.54) is 36.0 Å². The second kappa shape index (κ2) is 9.22. The zero-order chi connectivity index (χ0) is 22.8. The Morgan fingerprint density at radius 3 is 2.53 bits per heavy atom. The molecule has 1 N–H and O–H groups in total. The molecule has 0 saturated heterocycles. The first-order chi connectivity index (χ1) is 15.3. The van der Waals surface area contributed by atoms with Crippen LogP contribution in [0.15, 0.2) is 50.5 Å². The van der Waals surface area contributed by atoms with E-state index in [1.54, 1.807) is 11.6 Å². The summed E-state index contributed by atoms with van der Waals surface area (Å²) in [5.41, 5.74) is -2.82. The van der Waals surface area contributed by atoms with Gasteiger partial charge < -0.3 is 5.32 Å². The van der Waals surface area contributed by atoms with Crippen molar-refractivity contribution in [3.8, 4) is 0 Å². The highest BCUT2D eigenvalue weighted by molar-refractivity contribution is 7.13. The molecule has 1 aromatic heterocycles. The van der Waals surface area contributed by atoms with Gasteiger partial charge in [-0.25, -0.2) is 4.98 Å². The van der Waals surface area contributed by atoms with Crippen LogP contribution in [-0.4, -0.2) is 17.1 Å². The van der Waals surface area contributed by atoms with E-state index >= 15 is 0 Å². The fourth-order valence-corrected chi connectivity index (χ4v) is 5.08. The standard InChI is InChI=1S/C20H20ClF3N6OS/c21-16-11-13(6-7-15(16)19(20(22,23)24)27-29-30-28-19)14(10-12-4-2-1-3-5-12)17(31)26-18-25-8-9-32-18/h6-9,11-12,14H,1-5,10H2,(H,25,26,31). The highest BCUT2D eigenvalue weighted by atomic mass is 35.5. The summed E-state index contributed by atoms with van der Waals surface area (Å²) in [5, 5.41) is 17.4. The minimum atomic E-state index is -4.87. The van der Waals surface area contributed by atoms with Crippen molar-refractivity contribution in [1.82, 2.24) is 4.98 Å². The van der Waals surface area contributed by atoms with E-state index in [2.05, 4.69) is 31.0 Å². The molecule has 1 atom stereocenters. The van der Waals surface area contributed by atoms with Crippen LogP contribution in [0.1, 0.15) is 55.6 Å². The summed E-state index contributed by atoms with van der Waals surface area (Å²) < 4.78 is 41.3. The molecule has 7 nitrogen and oxygen atoms in total. The Morgan fingerprint density at radius 1 is 1.22 bits per heavy atom. The Morgan fingerprint density at radius 2 is 1.94 bits per heavy atom. The number of carbonyl (C=O) groups is 1. The molecule has 1 saturated carbocycles. The van der Waals surface area contributed by atoms with E-state index in [9.17, 15) is 18.0 Å². The minimum absolute atomic E-state index is 0.199. The summed E-state index contributed by atoms with van der Waals surface area (Å²) in [6.07, 6.45) is 2.72. The van der Waals surface area contributed by atoms with E-state index in [0.717, 1.165) is 25.7 Å². The maximum Gasteiger partial charge on any atom is 0.442 e. The molecule has 1 aromatic carbocycles. The number of anilines is 1. The van der Waals surface area contributed by atoms with Gasteiger partial charge in [0.1, 0.15) is 0 Å². The lowest BCUT2D eigenvalue weighted by atomic mass is 9.80. The molecule has 1 aliphatic carbocycles. The van der Waals surface area contributed by atoms with E-state index in [0.29, 0.717) is 23.0 Å². The van der Waals surface area contributed by atoms with Crippen LogP contribution in [0.25, 0.3) is 0 Å². The van der Waals surface area contributed by atoms with Gasteiger partial charge in [0, 0.05) is 22.2 Å². The summed E-state index contributed by atoms with van der Waals surface area (Å²) in [6.45, 7) is 0. The number of amides is 1. The molecule has 2 heterocycles. The number of nitrogens with zero attached hydrogens (tertiary/aromatic N) is 5. The first-order valence-electron chi connectivity index (χ1n) is 10.2. The number of hydrogen-bond acceptors (Lipinski definition) is 7.